The smallest absolute Gasteiger partial charge is 0.0806 e. The summed E-state index contributed by atoms with van der Waals surface area (Å²) in [5.41, 5.74) is 4.14. The molecular weight excluding hydrogens is 296 g/mol. The van der Waals surface area contributed by atoms with Crippen molar-refractivity contribution in [3.05, 3.63) is 59.9 Å². The molecule has 0 aliphatic carbocycles. The van der Waals surface area contributed by atoms with E-state index in [-0.39, 0.29) is 0 Å². The average molecular weight is 316 g/mol. The molecule has 4 nitrogen and oxygen atoms in total. The van der Waals surface area contributed by atoms with Crippen LogP contribution in [0.1, 0.15) is 11.4 Å². The highest BCUT2D eigenvalue weighted by Crippen LogP contribution is 2.30. The predicted octanol–water partition coefficient (Wildman–Crippen LogP) is 3.38. The fourth-order valence-corrected chi connectivity index (χ4v) is 3.22. The van der Waals surface area contributed by atoms with E-state index in [1.165, 1.54) is 5.39 Å². The number of hydrogen-bond acceptors (Lipinski definition) is 4. The Labute approximate surface area is 140 Å². The molecule has 0 radical (unpaired) electrons. The van der Waals surface area contributed by atoms with Crippen molar-refractivity contribution in [3.63, 3.8) is 0 Å². The van der Waals surface area contributed by atoms with Crippen molar-refractivity contribution in [2.75, 3.05) is 14.1 Å². The molecule has 0 fully saturated rings. The topological polar surface area (TPSA) is 49.8 Å². The lowest BCUT2D eigenvalue weighted by Crippen LogP contribution is -2.07. The molecule has 0 amide bonds. The van der Waals surface area contributed by atoms with Gasteiger partial charge >= 0.3 is 0 Å². The summed E-state index contributed by atoms with van der Waals surface area (Å²) in [5, 5.41) is 11.0. The molecule has 4 heteroatoms. The summed E-state index contributed by atoms with van der Waals surface area (Å²) in [4.78, 5) is 9.80. The Morgan fingerprint density at radius 1 is 0.625 bits per heavy atom. The summed E-state index contributed by atoms with van der Waals surface area (Å²) in [6.45, 7) is 1.52. The normalized spacial score (nSPS) is 11.6. The Kier molecular flexibility index (Phi) is 3.84. The fraction of sp³-hybridized carbons (Fsp3) is 0.200. The molecule has 0 saturated carbocycles. The number of pyridine rings is 2. The molecule has 0 saturated heterocycles. The standard InChI is InChI=1S/C20H20N4/c1-21-11-16-9-7-14-5-3-13-4-6-15-8-10-17(12-22-2)24-20(15)18(13)19(14)23-16/h3-10,21-22H,11-12H2,1-2H3. The molecule has 0 aliphatic rings. The fourth-order valence-electron chi connectivity index (χ4n) is 3.22. The lowest BCUT2D eigenvalue weighted by Gasteiger charge is -2.10. The number of nitrogens with one attached hydrogen (secondary N) is 2. The minimum atomic E-state index is 0.759. The van der Waals surface area contributed by atoms with E-state index in [2.05, 4.69) is 59.2 Å². The first-order chi connectivity index (χ1) is 11.8. The first kappa shape index (κ1) is 15.0. The minimum Gasteiger partial charge on any atom is -0.314 e. The maximum absolute atomic E-state index is 4.90. The number of aromatic nitrogens is 2. The number of nitrogens with zero attached hydrogens (tertiary/aromatic N) is 2. The zero-order valence-corrected chi connectivity index (χ0v) is 13.9. The number of benzene rings is 2. The zero-order valence-electron chi connectivity index (χ0n) is 13.9. The summed E-state index contributed by atoms with van der Waals surface area (Å²) >= 11 is 0. The maximum Gasteiger partial charge on any atom is 0.0806 e. The van der Waals surface area contributed by atoms with Crippen molar-refractivity contribution in [2.45, 2.75) is 13.1 Å². The van der Waals surface area contributed by atoms with Gasteiger partial charge in [0.15, 0.2) is 0 Å². The van der Waals surface area contributed by atoms with Crippen LogP contribution < -0.4 is 10.6 Å². The Bertz CT molecular complexity index is 959. The van der Waals surface area contributed by atoms with Crippen LogP contribution in [-0.2, 0) is 13.1 Å². The van der Waals surface area contributed by atoms with Crippen LogP contribution in [0, 0.1) is 0 Å². The van der Waals surface area contributed by atoms with Gasteiger partial charge < -0.3 is 10.6 Å². The van der Waals surface area contributed by atoms with Crippen LogP contribution in [0.2, 0.25) is 0 Å². The van der Waals surface area contributed by atoms with Crippen LogP contribution in [0.15, 0.2) is 48.5 Å². The molecule has 2 heterocycles. The SMILES string of the molecule is CNCc1ccc2ccc3ccc4ccc(CNC)nc4c3c2n1. The highest BCUT2D eigenvalue weighted by molar-refractivity contribution is 6.17. The van der Waals surface area contributed by atoms with Crippen LogP contribution in [0.25, 0.3) is 32.6 Å². The van der Waals surface area contributed by atoms with E-state index in [4.69, 9.17) is 9.97 Å². The molecule has 0 aliphatic heterocycles. The largest absolute Gasteiger partial charge is 0.314 e. The van der Waals surface area contributed by atoms with Crippen molar-refractivity contribution < 1.29 is 0 Å². The van der Waals surface area contributed by atoms with Crippen molar-refractivity contribution in [2.24, 2.45) is 0 Å². The van der Waals surface area contributed by atoms with Gasteiger partial charge in [0, 0.05) is 29.2 Å². The third kappa shape index (κ3) is 2.50. The first-order valence-electron chi connectivity index (χ1n) is 8.20. The maximum atomic E-state index is 4.90. The number of hydrogen-bond donors (Lipinski definition) is 2. The van der Waals surface area contributed by atoms with Gasteiger partial charge in [0.2, 0.25) is 0 Å². The van der Waals surface area contributed by atoms with Gasteiger partial charge in [-0.3, -0.25) is 9.97 Å². The Morgan fingerprint density at radius 2 is 1.04 bits per heavy atom. The molecule has 0 spiro atoms. The predicted molar refractivity (Wildman–Crippen MR) is 100 cm³/mol. The third-order valence-electron chi connectivity index (χ3n) is 4.33. The molecule has 24 heavy (non-hydrogen) atoms. The van der Waals surface area contributed by atoms with Crippen LogP contribution in [0.4, 0.5) is 0 Å². The zero-order chi connectivity index (χ0) is 16.5. The molecule has 4 aromatic rings. The van der Waals surface area contributed by atoms with E-state index < -0.39 is 0 Å². The van der Waals surface area contributed by atoms with Crippen molar-refractivity contribution in [1.29, 1.82) is 0 Å². The second-order valence-corrected chi connectivity index (χ2v) is 6.04. The second-order valence-electron chi connectivity index (χ2n) is 6.04. The van der Waals surface area contributed by atoms with Gasteiger partial charge in [0.05, 0.1) is 22.4 Å². The van der Waals surface area contributed by atoms with Crippen molar-refractivity contribution in [3.8, 4) is 0 Å². The summed E-state index contributed by atoms with van der Waals surface area (Å²) in [6.07, 6.45) is 0. The van der Waals surface area contributed by atoms with Crippen LogP contribution in [0.5, 0.6) is 0 Å². The van der Waals surface area contributed by atoms with Gasteiger partial charge in [-0.2, -0.15) is 0 Å². The van der Waals surface area contributed by atoms with E-state index >= 15 is 0 Å². The molecule has 4 rings (SSSR count). The summed E-state index contributed by atoms with van der Waals surface area (Å²) in [7, 11) is 3.88. The quantitative estimate of drug-likeness (QED) is 0.567. The van der Waals surface area contributed by atoms with Gasteiger partial charge in [-0.15, -0.1) is 0 Å². The Balaban J connectivity index is 2.10. The van der Waals surface area contributed by atoms with Crippen molar-refractivity contribution in [1.82, 2.24) is 20.6 Å². The first-order valence-corrected chi connectivity index (χ1v) is 8.20. The summed E-state index contributed by atoms with van der Waals surface area (Å²) < 4.78 is 0. The van der Waals surface area contributed by atoms with Gasteiger partial charge in [0.1, 0.15) is 0 Å². The van der Waals surface area contributed by atoms with Gasteiger partial charge in [0.25, 0.3) is 0 Å². The van der Waals surface area contributed by atoms with Crippen LogP contribution in [0.3, 0.4) is 0 Å². The van der Waals surface area contributed by atoms with E-state index in [0.29, 0.717) is 0 Å². The number of fused-ring (bicyclic) bond motifs is 5. The lowest BCUT2D eigenvalue weighted by molar-refractivity contribution is 0.795. The van der Waals surface area contributed by atoms with Gasteiger partial charge in [-0.05, 0) is 31.6 Å². The Morgan fingerprint density at radius 3 is 1.50 bits per heavy atom. The minimum absolute atomic E-state index is 0.759. The van der Waals surface area contributed by atoms with Gasteiger partial charge in [-0.25, -0.2) is 0 Å². The molecule has 0 atom stereocenters. The van der Waals surface area contributed by atoms with Crippen LogP contribution in [-0.4, -0.2) is 24.1 Å². The lowest BCUT2D eigenvalue weighted by atomic mass is 10.0. The van der Waals surface area contributed by atoms with E-state index in [0.717, 1.165) is 51.7 Å². The summed E-state index contributed by atoms with van der Waals surface area (Å²) in [5.74, 6) is 0. The highest BCUT2D eigenvalue weighted by atomic mass is 14.9. The van der Waals surface area contributed by atoms with E-state index in [9.17, 15) is 0 Å². The molecule has 0 bridgehead atoms. The average Bonchev–Trinajstić information content (AvgIpc) is 2.61. The summed E-state index contributed by atoms with van der Waals surface area (Å²) in [6, 6.07) is 17.0. The highest BCUT2D eigenvalue weighted by Gasteiger charge is 2.09. The van der Waals surface area contributed by atoms with E-state index in [1.807, 2.05) is 14.1 Å². The molecular formula is C20H20N4. The monoisotopic (exact) mass is 316 g/mol. The molecule has 2 aromatic carbocycles. The molecule has 120 valence electrons. The van der Waals surface area contributed by atoms with Gasteiger partial charge in [-0.1, -0.05) is 36.4 Å². The van der Waals surface area contributed by atoms with Crippen molar-refractivity contribution >= 4 is 32.6 Å². The molecule has 0 unspecified atom stereocenters. The molecule has 2 aromatic heterocycles. The second kappa shape index (κ2) is 6.15. The van der Waals surface area contributed by atoms with E-state index in [1.54, 1.807) is 0 Å². The van der Waals surface area contributed by atoms with Crippen LogP contribution >= 0.6 is 0 Å². The number of rotatable bonds is 4. The molecule has 2 N–H and O–H groups in total. The Hall–Kier alpha value is -2.56. The third-order valence-corrected chi connectivity index (χ3v) is 4.33.